The highest BCUT2D eigenvalue weighted by Crippen LogP contribution is 2.24. The minimum absolute atomic E-state index is 0.224. The van der Waals surface area contributed by atoms with Crippen LogP contribution in [0.2, 0.25) is 0 Å². The molecule has 0 bridgehead atoms. The molecule has 0 radical (unpaired) electrons. The largest absolute Gasteiger partial charge is 0.364 e. The third kappa shape index (κ3) is 2.48. The lowest BCUT2D eigenvalue weighted by atomic mass is 10.1. The van der Waals surface area contributed by atoms with Gasteiger partial charge in [-0.1, -0.05) is 23.3 Å². The second-order valence-electron chi connectivity index (χ2n) is 5.92. The van der Waals surface area contributed by atoms with E-state index >= 15 is 0 Å². The quantitative estimate of drug-likeness (QED) is 0.683. The van der Waals surface area contributed by atoms with Crippen molar-refractivity contribution in [3.63, 3.8) is 0 Å². The number of rotatable bonds is 3. The summed E-state index contributed by atoms with van der Waals surface area (Å²) < 4.78 is 1.87. The summed E-state index contributed by atoms with van der Waals surface area (Å²) in [4.78, 5) is 42.2. The molecule has 6 nitrogen and oxygen atoms in total. The Morgan fingerprint density at radius 2 is 1.50 bits per heavy atom. The zero-order chi connectivity index (χ0) is 18.3. The summed E-state index contributed by atoms with van der Waals surface area (Å²) in [6.45, 7) is 1.93. The van der Waals surface area contributed by atoms with Crippen LogP contribution in [0.1, 0.15) is 36.6 Å². The van der Waals surface area contributed by atoms with E-state index in [0.717, 1.165) is 11.3 Å². The molecule has 0 unspecified atom stereocenters. The highest BCUT2D eigenvalue weighted by Gasteiger charge is 2.38. The predicted molar refractivity (Wildman–Crippen MR) is 92.9 cm³/mol. The summed E-state index contributed by atoms with van der Waals surface area (Å²) in [6.07, 6.45) is 3.73. The Balaban J connectivity index is 1.61. The Morgan fingerprint density at radius 3 is 2.12 bits per heavy atom. The lowest BCUT2D eigenvalue weighted by Gasteiger charge is -2.14. The van der Waals surface area contributed by atoms with Crippen LogP contribution in [0, 0.1) is 6.92 Å². The molecule has 2 aromatic carbocycles. The van der Waals surface area contributed by atoms with Crippen molar-refractivity contribution in [2.24, 2.45) is 0 Å². The standard InChI is InChI=1S/C20H14N2O4/c1-13-8-9-14(12-17(13)21-10-4-5-11-21)20(25)26-22-18(23)15-6-2-3-7-16(15)19(22)24/h2-12H,1H3. The monoisotopic (exact) mass is 346 g/mol. The van der Waals surface area contributed by atoms with Crippen molar-refractivity contribution in [1.29, 1.82) is 0 Å². The fourth-order valence-electron chi connectivity index (χ4n) is 2.90. The van der Waals surface area contributed by atoms with Crippen LogP contribution in [0.15, 0.2) is 67.0 Å². The maximum atomic E-state index is 12.5. The van der Waals surface area contributed by atoms with Crippen LogP contribution >= 0.6 is 0 Å². The lowest BCUT2D eigenvalue weighted by Crippen LogP contribution is -2.32. The number of imide groups is 1. The number of carbonyl (C=O) groups is 3. The van der Waals surface area contributed by atoms with Gasteiger partial charge < -0.3 is 9.40 Å². The molecule has 0 N–H and O–H groups in total. The molecule has 0 fully saturated rings. The van der Waals surface area contributed by atoms with Crippen molar-refractivity contribution >= 4 is 17.8 Å². The average Bonchev–Trinajstić information content (AvgIpc) is 3.26. The molecule has 1 aliphatic heterocycles. The lowest BCUT2D eigenvalue weighted by molar-refractivity contribution is -0.0584. The van der Waals surface area contributed by atoms with Crippen LogP contribution in [-0.4, -0.2) is 27.4 Å². The predicted octanol–water partition coefficient (Wildman–Crippen LogP) is 3.15. The first-order chi connectivity index (χ1) is 12.6. The molecular weight excluding hydrogens is 332 g/mol. The summed E-state index contributed by atoms with van der Waals surface area (Å²) in [7, 11) is 0. The van der Waals surface area contributed by atoms with Crippen LogP contribution in [0.3, 0.4) is 0 Å². The maximum Gasteiger partial charge on any atom is 0.364 e. The number of hydrogen-bond acceptors (Lipinski definition) is 4. The minimum Gasteiger partial charge on any atom is -0.324 e. The van der Waals surface area contributed by atoms with E-state index in [2.05, 4.69) is 0 Å². The van der Waals surface area contributed by atoms with Crippen LogP contribution in [0.25, 0.3) is 5.69 Å². The van der Waals surface area contributed by atoms with Gasteiger partial charge in [-0.25, -0.2) is 4.79 Å². The van der Waals surface area contributed by atoms with Gasteiger partial charge in [0.1, 0.15) is 0 Å². The first-order valence-corrected chi connectivity index (χ1v) is 8.00. The molecular formula is C20H14N2O4. The van der Waals surface area contributed by atoms with Crippen LogP contribution in [-0.2, 0) is 4.84 Å². The van der Waals surface area contributed by atoms with Crippen molar-refractivity contribution in [2.75, 3.05) is 0 Å². The molecule has 26 heavy (non-hydrogen) atoms. The highest BCUT2D eigenvalue weighted by atomic mass is 16.7. The number of aromatic nitrogens is 1. The number of carbonyl (C=O) groups excluding carboxylic acids is 3. The van der Waals surface area contributed by atoms with E-state index < -0.39 is 17.8 Å². The van der Waals surface area contributed by atoms with E-state index in [4.69, 9.17) is 4.84 Å². The number of nitrogens with zero attached hydrogens (tertiary/aromatic N) is 2. The summed E-state index contributed by atoms with van der Waals surface area (Å²) in [5, 5.41) is 0.516. The van der Waals surface area contributed by atoms with E-state index in [9.17, 15) is 14.4 Å². The van der Waals surface area contributed by atoms with E-state index in [1.807, 2.05) is 36.0 Å². The van der Waals surface area contributed by atoms with Gasteiger partial charge in [0.25, 0.3) is 11.8 Å². The maximum absolute atomic E-state index is 12.5. The molecule has 0 atom stereocenters. The van der Waals surface area contributed by atoms with E-state index in [1.165, 1.54) is 12.1 Å². The van der Waals surface area contributed by atoms with Crippen molar-refractivity contribution in [1.82, 2.24) is 9.63 Å². The number of amides is 2. The van der Waals surface area contributed by atoms with Gasteiger partial charge in [0.2, 0.25) is 0 Å². The van der Waals surface area contributed by atoms with Gasteiger partial charge >= 0.3 is 5.97 Å². The summed E-state index contributed by atoms with van der Waals surface area (Å²) in [6, 6.07) is 15.2. The second kappa shape index (κ2) is 6.00. The number of aryl methyl sites for hydroxylation is 1. The van der Waals surface area contributed by atoms with Crippen molar-refractivity contribution < 1.29 is 19.2 Å². The van der Waals surface area contributed by atoms with Crippen LogP contribution in [0.4, 0.5) is 0 Å². The fraction of sp³-hybridized carbons (Fsp3) is 0.0500. The molecule has 3 aromatic rings. The second-order valence-corrected chi connectivity index (χ2v) is 5.92. The molecule has 2 heterocycles. The van der Waals surface area contributed by atoms with Gasteiger partial charge in [-0.3, -0.25) is 9.59 Å². The van der Waals surface area contributed by atoms with Crippen molar-refractivity contribution in [3.05, 3.63) is 89.2 Å². The van der Waals surface area contributed by atoms with Crippen molar-refractivity contribution in [2.45, 2.75) is 6.92 Å². The highest BCUT2D eigenvalue weighted by molar-refractivity contribution is 6.21. The smallest absolute Gasteiger partial charge is 0.324 e. The number of fused-ring (bicyclic) bond motifs is 1. The number of benzene rings is 2. The number of hydrogen-bond donors (Lipinski definition) is 0. The van der Waals surface area contributed by atoms with Gasteiger partial charge in [0.15, 0.2) is 0 Å². The Hall–Kier alpha value is -3.67. The molecule has 6 heteroatoms. The average molecular weight is 346 g/mol. The van der Waals surface area contributed by atoms with Gasteiger partial charge in [-0.05, 0) is 48.9 Å². The molecule has 1 aromatic heterocycles. The van der Waals surface area contributed by atoms with Crippen molar-refractivity contribution in [3.8, 4) is 5.69 Å². The third-order valence-electron chi connectivity index (χ3n) is 4.26. The van der Waals surface area contributed by atoms with E-state index in [0.29, 0.717) is 5.06 Å². The third-order valence-corrected chi connectivity index (χ3v) is 4.26. The van der Waals surface area contributed by atoms with Gasteiger partial charge in [-0.15, -0.1) is 0 Å². The molecule has 1 aliphatic rings. The Morgan fingerprint density at radius 1 is 0.885 bits per heavy atom. The van der Waals surface area contributed by atoms with Gasteiger partial charge in [-0.2, -0.15) is 0 Å². The van der Waals surface area contributed by atoms with Crippen LogP contribution < -0.4 is 0 Å². The van der Waals surface area contributed by atoms with Gasteiger partial charge in [0.05, 0.1) is 16.7 Å². The van der Waals surface area contributed by atoms with E-state index in [-0.39, 0.29) is 16.7 Å². The molecule has 0 aliphatic carbocycles. The Labute approximate surface area is 149 Å². The molecule has 4 rings (SSSR count). The van der Waals surface area contributed by atoms with Gasteiger partial charge in [0, 0.05) is 18.1 Å². The summed E-state index contributed by atoms with van der Waals surface area (Å²) in [5.41, 5.74) is 2.48. The molecule has 0 saturated heterocycles. The molecule has 0 spiro atoms. The Bertz CT molecular complexity index is 1000. The van der Waals surface area contributed by atoms with Crippen LogP contribution in [0.5, 0.6) is 0 Å². The molecule has 2 amide bonds. The first-order valence-electron chi connectivity index (χ1n) is 8.00. The topological polar surface area (TPSA) is 68.6 Å². The van der Waals surface area contributed by atoms with E-state index in [1.54, 1.807) is 30.3 Å². The molecule has 0 saturated carbocycles. The summed E-state index contributed by atoms with van der Waals surface area (Å²) in [5.74, 6) is -2.05. The zero-order valence-corrected chi connectivity index (χ0v) is 13.9. The Kier molecular flexibility index (Phi) is 3.65. The fourth-order valence-corrected chi connectivity index (χ4v) is 2.90. The number of hydroxylamine groups is 2. The summed E-state index contributed by atoms with van der Waals surface area (Å²) >= 11 is 0. The normalized spacial score (nSPS) is 13.0. The first kappa shape index (κ1) is 15.8. The SMILES string of the molecule is Cc1ccc(C(=O)ON2C(=O)c3ccccc3C2=O)cc1-n1cccc1. The minimum atomic E-state index is -0.770. The zero-order valence-electron chi connectivity index (χ0n) is 13.9. The molecule has 128 valence electrons.